The average molecular weight is 259 g/mol. The molecule has 1 N–H and O–H groups in total. The summed E-state index contributed by atoms with van der Waals surface area (Å²) in [5.74, 6) is 2.58. The molecule has 0 saturated heterocycles. The van der Waals surface area contributed by atoms with Crippen LogP contribution in [0.2, 0.25) is 0 Å². The standard InChI is InChI=1S/C14H17N3O2/c1-17-14-10(6-7-15-14)13(16-17)9-4-5-11(18-2)12(8-9)19-3/h4-5,8,15H,6-7H2,1-3H3. The molecule has 19 heavy (non-hydrogen) atoms. The molecule has 0 fully saturated rings. The Hall–Kier alpha value is -2.17. The quantitative estimate of drug-likeness (QED) is 0.916. The fraction of sp³-hybridized carbons (Fsp3) is 0.357. The molecule has 1 aromatic heterocycles. The number of methoxy groups -OCH3 is 2. The second-order valence-corrected chi connectivity index (χ2v) is 4.55. The Morgan fingerprint density at radius 2 is 2.00 bits per heavy atom. The molecule has 0 unspecified atom stereocenters. The molecule has 1 aliphatic rings. The first-order valence-electron chi connectivity index (χ1n) is 6.26. The summed E-state index contributed by atoms with van der Waals surface area (Å²) in [5, 5.41) is 7.95. The topological polar surface area (TPSA) is 48.3 Å². The third kappa shape index (κ3) is 1.82. The molecule has 0 atom stereocenters. The van der Waals surface area contributed by atoms with Crippen LogP contribution in [0.5, 0.6) is 11.5 Å². The van der Waals surface area contributed by atoms with Gasteiger partial charge in [-0.2, -0.15) is 5.10 Å². The molecule has 100 valence electrons. The van der Waals surface area contributed by atoms with Crippen LogP contribution < -0.4 is 14.8 Å². The second kappa shape index (κ2) is 4.50. The minimum Gasteiger partial charge on any atom is -0.493 e. The first kappa shape index (κ1) is 11.9. The minimum atomic E-state index is 0.727. The zero-order chi connectivity index (χ0) is 13.4. The molecule has 2 heterocycles. The number of hydrogen-bond donors (Lipinski definition) is 1. The van der Waals surface area contributed by atoms with Gasteiger partial charge in [-0.1, -0.05) is 0 Å². The van der Waals surface area contributed by atoms with Gasteiger partial charge < -0.3 is 14.8 Å². The van der Waals surface area contributed by atoms with E-state index in [4.69, 9.17) is 9.47 Å². The van der Waals surface area contributed by atoms with E-state index in [-0.39, 0.29) is 0 Å². The fourth-order valence-corrected chi connectivity index (χ4v) is 2.55. The van der Waals surface area contributed by atoms with E-state index in [1.54, 1.807) is 14.2 Å². The lowest BCUT2D eigenvalue weighted by Crippen LogP contribution is -2.01. The summed E-state index contributed by atoms with van der Waals surface area (Å²) < 4.78 is 12.5. The van der Waals surface area contributed by atoms with Crippen molar-refractivity contribution in [3.05, 3.63) is 23.8 Å². The first-order chi connectivity index (χ1) is 9.24. The normalized spacial score (nSPS) is 13.0. The predicted octanol–water partition coefficient (Wildman–Crippen LogP) is 2.07. The zero-order valence-corrected chi connectivity index (χ0v) is 11.4. The smallest absolute Gasteiger partial charge is 0.161 e. The van der Waals surface area contributed by atoms with Gasteiger partial charge in [0.05, 0.1) is 19.9 Å². The highest BCUT2D eigenvalue weighted by atomic mass is 16.5. The van der Waals surface area contributed by atoms with Crippen LogP contribution in [0.4, 0.5) is 5.82 Å². The summed E-state index contributed by atoms with van der Waals surface area (Å²) >= 11 is 0. The highest BCUT2D eigenvalue weighted by Gasteiger charge is 2.22. The van der Waals surface area contributed by atoms with Crippen molar-refractivity contribution in [2.75, 3.05) is 26.1 Å². The Bertz CT molecular complexity index is 619. The Morgan fingerprint density at radius 1 is 1.21 bits per heavy atom. The van der Waals surface area contributed by atoms with E-state index in [1.165, 1.54) is 5.56 Å². The van der Waals surface area contributed by atoms with Gasteiger partial charge in [0, 0.05) is 24.7 Å². The number of nitrogens with zero attached hydrogens (tertiary/aromatic N) is 2. The maximum absolute atomic E-state index is 5.35. The molecular weight excluding hydrogens is 242 g/mol. The molecule has 2 aromatic rings. The number of anilines is 1. The molecule has 1 aromatic carbocycles. The van der Waals surface area contributed by atoms with E-state index >= 15 is 0 Å². The number of aryl methyl sites for hydroxylation is 1. The van der Waals surface area contributed by atoms with E-state index in [1.807, 2.05) is 29.9 Å². The molecular formula is C14H17N3O2. The maximum atomic E-state index is 5.35. The van der Waals surface area contributed by atoms with Crippen molar-refractivity contribution in [2.24, 2.45) is 7.05 Å². The van der Waals surface area contributed by atoms with Gasteiger partial charge in [-0.3, -0.25) is 4.68 Å². The van der Waals surface area contributed by atoms with Gasteiger partial charge in [-0.05, 0) is 24.6 Å². The number of rotatable bonds is 3. The Kier molecular flexibility index (Phi) is 2.81. The molecule has 1 aliphatic heterocycles. The van der Waals surface area contributed by atoms with Gasteiger partial charge in [0.2, 0.25) is 0 Å². The highest BCUT2D eigenvalue weighted by Crippen LogP contribution is 2.36. The summed E-state index contributed by atoms with van der Waals surface area (Å²) in [5.41, 5.74) is 3.34. The van der Waals surface area contributed by atoms with Crippen molar-refractivity contribution in [1.82, 2.24) is 9.78 Å². The van der Waals surface area contributed by atoms with Gasteiger partial charge in [0.25, 0.3) is 0 Å². The molecule has 0 spiro atoms. The minimum absolute atomic E-state index is 0.727. The third-order valence-electron chi connectivity index (χ3n) is 3.47. The number of hydrogen-bond acceptors (Lipinski definition) is 4. The zero-order valence-electron chi connectivity index (χ0n) is 11.4. The van der Waals surface area contributed by atoms with Crippen LogP contribution >= 0.6 is 0 Å². The Balaban J connectivity index is 2.10. The van der Waals surface area contributed by atoms with E-state index < -0.39 is 0 Å². The second-order valence-electron chi connectivity index (χ2n) is 4.55. The number of fused-ring (bicyclic) bond motifs is 1. The van der Waals surface area contributed by atoms with E-state index in [2.05, 4.69) is 10.4 Å². The van der Waals surface area contributed by atoms with E-state index in [0.717, 1.165) is 41.5 Å². The van der Waals surface area contributed by atoms with Gasteiger partial charge in [0.15, 0.2) is 11.5 Å². The van der Waals surface area contributed by atoms with Gasteiger partial charge in [-0.25, -0.2) is 0 Å². The monoisotopic (exact) mass is 259 g/mol. The lowest BCUT2D eigenvalue weighted by Gasteiger charge is -2.09. The number of benzene rings is 1. The molecule has 5 nitrogen and oxygen atoms in total. The van der Waals surface area contributed by atoms with Crippen molar-refractivity contribution >= 4 is 5.82 Å². The summed E-state index contributed by atoms with van der Waals surface area (Å²) in [7, 11) is 5.24. The van der Waals surface area contributed by atoms with Crippen LogP contribution in [-0.2, 0) is 13.5 Å². The van der Waals surface area contributed by atoms with Crippen LogP contribution in [0, 0.1) is 0 Å². The predicted molar refractivity (Wildman–Crippen MR) is 73.9 cm³/mol. The van der Waals surface area contributed by atoms with Crippen LogP contribution in [0.25, 0.3) is 11.3 Å². The van der Waals surface area contributed by atoms with Crippen molar-refractivity contribution in [3.63, 3.8) is 0 Å². The van der Waals surface area contributed by atoms with Crippen LogP contribution in [-0.4, -0.2) is 30.5 Å². The Labute approximate surface area is 112 Å². The largest absolute Gasteiger partial charge is 0.493 e. The number of nitrogens with one attached hydrogen (secondary N) is 1. The summed E-state index contributed by atoms with van der Waals surface area (Å²) in [6.07, 6.45) is 1.01. The van der Waals surface area contributed by atoms with Crippen molar-refractivity contribution in [2.45, 2.75) is 6.42 Å². The highest BCUT2D eigenvalue weighted by molar-refractivity contribution is 5.73. The Morgan fingerprint density at radius 3 is 2.74 bits per heavy atom. The molecule has 5 heteroatoms. The van der Waals surface area contributed by atoms with Gasteiger partial charge in [0.1, 0.15) is 5.82 Å². The van der Waals surface area contributed by atoms with E-state index in [0.29, 0.717) is 0 Å². The molecule has 0 bridgehead atoms. The summed E-state index contributed by atoms with van der Waals surface area (Å²) in [6, 6.07) is 5.90. The van der Waals surface area contributed by atoms with Crippen LogP contribution in [0.1, 0.15) is 5.56 Å². The van der Waals surface area contributed by atoms with Gasteiger partial charge >= 0.3 is 0 Å². The SMILES string of the molecule is COc1ccc(-c2nn(C)c3c2CCN3)cc1OC. The molecule has 0 radical (unpaired) electrons. The summed E-state index contributed by atoms with van der Waals surface area (Å²) in [6.45, 7) is 0.974. The van der Waals surface area contributed by atoms with E-state index in [9.17, 15) is 0 Å². The fourth-order valence-electron chi connectivity index (χ4n) is 2.55. The van der Waals surface area contributed by atoms with Crippen molar-refractivity contribution in [1.29, 1.82) is 0 Å². The maximum Gasteiger partial charge on any atom is 0.161 e. The van der Waals surface area contributed by atoms with Crippen LogP contribution in [0.3, 0.4) is 0 Å². The van der Waals surface area contributed by atoms with Crippen molar-refractivity contribution < 1.29 is 9.47 Å². The summed E-state index contributed by atoms with van der Waals surface area (Å²) in [4.78, 5) is 0. The van der Waals surface area contributed by atoms with Crippen LogP contribution in [0.15, 0.2) is 18.2 Å². The number of aromatic nitrogens is 2. The molecule has 3 rings (SSSR count). The molecule has 0 aliphatic carbocycles. The molecule has 0 saturated carbocycles. The van der Waals surface area contributed by atoms with Crippen molar-refractivity contribution in [3.8, 4) is 22.8 Å². The first-order valence-corrected chi connectivity index (χ1v) is 6.26. The molecule has 0 amide bonds. The lowest BCUT2D eigenvalue weighted by molar-refractivity contribution is 0.355. The number of ether oxygens (including phenoxy) is 2. The van der Waals surface area contributed by atoms with Gasteiger partial charge in [-0.15, -0.1) is 0 Å². The lowest BCUT2D eigenvalue weighted by atomic mass is 10.1. The third-order valence-corrected chi connectivity index (χ3v) is 3.47. The average Bonchev–Trinajstić information content (AvgIpc) is 3.02.